The van der Waals surface area contributed by atoms with Crippen molar-refractivity contribution >= 4 is 17.7 Å². The van der Waals surface area contributed by atoms with Gasteiger partial charge in [0.25, 0.3) is 0 Å². The lowest BCUT2D eigenvalue weighted by Crippen LogP contribution is -2.26. The Morgan fingerprint density at radius 1 is 0.939 bits per heavy atom. The highest BCUT2D eigenvalue weighted by atomic mass is 35.5. The van der Waals surface area contributed by atoms with Crippen LogP contribution in [0, 0.1) is 0 Å². The molecule has 4 aromatic rings. The maximum atomic E-state index is 11.9. The third-order valence-corrected chi connectivity index (χ3v) is 5.30. The molecule has 3 aromatic carbocycles. The highest BCUT2D eigenvalue weighted by Crippen LogP contribution is 2.32. The summed E-state index contributed by atoms with van der Waals surface area (Å²) < 4.78 is 10.8. The number of amides is 1. The Bertz CT molecular complexity index is 1230. The van der Waals surface area contributed by atoms with Crippen LogP contribution in [0.2, 0.25) is 5.02 Å². The van der Waals surface area contributed by atoms with E-state index in [0.29, 0.717) is 17.2 Å². The molecule has 1 heterocycles. The van der Waals surface area contributed by atoms with E-state index in [9.17, 15) is 4.79 Å². The third kappa shape index (κ3) is 6.11. The summed E-state index contributed by atoms with van der Waals surface area (Å²) in [7, 11) is 1.66. The first-order valence-electron chi connectivity index (χ1n) is 10.5. The Balaban J connectivity index is 1.39. The molecule has 33 heavy (non-hydrogen) atoms. The molecule has 0 radical (unpaired) electrons. The van der Waals surface area contributed by atoms with E-state index < -0.39 is 6.09 Å². The number of rotatable bonds is 7. The van der Waals surface area contributed by atoms with Crippen molar-refractivity contribution in [3.63, 3.8) is 0 Å². The number of hydrogen-bond donors (Lipinski definition) is 1. The Hall–Kier alpha value is -3.83. The van der Waals surface area contributed by atoms with Crippen molar-refractivity contribution in [3.05, 3.63) is 113 Å². The lowest BCUT2D eigenvalue weighted by Gasteiger charge is -2.12. The van der Waals surface area contributed by atoms with Gasteiger partial charge in [-0.2, -0.15) is 0 Å². The summed E-state index contributed by atoms with van der Waals surface area (Å²) in [6.07, 6.45) is 2.02. The van der Waals surface area contributed by atoms with Crippen LogP contribution < -0.4 is 14.8 Å². The zero-order chi connectivity index (χ0) is 23.0. The molecule has 0 bridgehead atoms. The van der Waals surface area contributed by atoms with E-state index in [0.717, 1.165) is 33.7 Å². The largest absolute Gasteiger partial charge is 0.496 e. The quantitative estimate of drug-likeness (QED) is 0.353. The maximum Gasteiger partial charge on any atom is 0.412 e. The molecule has 0 saturated carbocycles. The summed E-state index contributed by atoms with van der Waals surface area (Å²) in [4.78, 5) is 16.4. The van der Waals surface area contributed by atoms with E-state index in [1.807, 2.05) is 72.9 Å². The Labute approximate surface area is 198 Å². The molecule has 0 saturated heterocycles. The topological polar surface area (TPSA) is 60.5 Å². The normalized spacial score (nSPS) is 10.5. The van der Waals surface area contributed by atoms with E-state index in [1.54, 1.807) is 19.2 Å². The fourth-order valence-corrected chi connectivity index (χ4v) is 3.63. The van der Waals surface area contributed by atoms with Crippen LogP contribution in [0.4, 0.5) is 4.79 Å². The zero-order valence-electron chi connectivity index (χ0n) is 18.1. The molecule has 1 aromatic heterocycles. The van der Waals surface area contributed by atoms with Crippen LogP contribution in [0.25, 0.3) is 11.1 Å². The molecule has 0 aliphatic rings. The second kappa shape index (κ2) is 10.7. The van der Waals surface area contributed by atoms with Crippen molar-refractivity contribution in [2.75, 3.05) is 7.11 Å². The van der Waals surface area contributed by atoms with Crippen molar-refractivity contribution in [1.82, 2.24) is 10.3 Å². The van der Waals surface area contributed by atoms with Gasteiger partial charge in [0.15, 0.2) is 0 Å². The third-order valence-electron chi connectivity index (χ3n) is 5.06. The van der Waals surface area contributed by atoms with Crippen LogP contribution in [-0.2, 0) is 13.0 Å². The summed E-state index contributed by atoms with van der Waals surface area (Å²) >= 11 is 6.18. The minimum absolute atomic E-state index is 0.285. The average molecular weight is 459 g/mol. The Kier molecular flexibility index (Phi) is 7.22. The molecule has 0 unspecified atom stereocenters. The molecule has 0 aliphatic carbocycles. The lowest BCUT2D eigenvalue weighted by molar-refractivity contribution is 0.200. The molecule has 166 valence electrons. The van der Waals surface area contributed by atoms with Crippen molar-refractivity contribution in [3.8, 4) is 22.6 Å². The van der Waals surface area contributed by atoms with Gasteiger partial charge in [-0.3, -0.25) is 4.98 Å². The van der Waals surface area contributed by atoms with Gasteiger partial charge in [0, 0.05) is 16.8 Å². The summed E-state index contributed by atoms with van der Waals surface area (Å²) in [6, 6.07) is 26.7. The predicted molar refractivity (Wildman–Crippen MR) is 130 cm³/mol. The van der Waals surface area contributed by atoms with Gasteiger partial charge in [-0.25, -0.2) is 4.79 Å². The highest BCUT2D eigenvalue weighted by molar-refractivity contribution is 6.30. The van der Waals surface area contributed by atoms with E-state index in [2.05, 4.69) is 16.4 Å². The minimum Gasteiger partial charge on any atom is -0.496 e. The van der Waals surface area contributed by atoms with E-state index >= 15 is 0 Å². The SMILES string of the molecule is COc1ccc(Cc2ccc(CNC(=O)Oc3ccccc3)nc2)cc1-c1cccc(Cl)c1. The molecule has 4 rings (SSSR count). The summed E-state index contributed by atoms with van der Waals surface area (Å²) in [5.74, 6) is 1.29. The maximum absolute atomic E-state index is 11.9. The van der Waals surface area contributed by atoms with Gasteiger partial charge in [0.05, 0.1) is 19.3 Å². The van der Waals surface area contributed by atoms with Gasteiger partial charge >= 0.3 is 6.09 Å². The molecule has 5 nitrogen and oxygen atoms in total. The Morgan fingerprint density at radius 2 is 1.76 bits per heavy atom. The number of pyridine rings is 1. The van der Waals surface area contributed by atoms with Crippen molar-refractivity contribution in [1.29, 1.82) is 0 Å². The second-order valence-corrected chi connectivity index (χ2v) is 7.87. The van der Waals surface area contributed by atoms with Gasteiger partial charge in [-0.1, -0.05) is 54.1 Å². The van der Waals surface area contributed by atoms with E-state index in [1.165, 1.54) is 0 Å². The summed E-state index contributed by atoms with van der Waals surface area (Å²) in [5, 5.41) is 3.39. The molecular formula is C27H23ClN2O3. The van der Waals surface area contributed by atoms with Crippen molar-refractivity contribution in [2.24, 2.45) is 0 Å². The molecule has 0 spiro atoms. The summed E-state index contributed by atoms with van der Waals surface area (Å²) in [6.45, 7) is 0.285. The van der Waals surface area contributed by atoms with Gasteiger partial charge in [0.1, 0.15) is 11.5 Å². The zero-order valence-corrected chi connectivity index (χ0v) is 18.9. The number of carbonyl (C=O) groups is 1. The van der Waals surface area contributed by atoms with Crippen LogP contribution in [0.3, 0.4) is 0 Å². The van der Waals surface area contributed by atoms with Crippen molar-refractivity contribution in [2.45, 2.75) is 13.0 Å². The molecule has 6 heteroatoms. The number of nitrogens with zero attached hydrogens (tertiary/aromatic N) is 1. The molecule has 0 aliphatic heterocycles. The number of nitrogens with one attached hydrogen (secondary N) is 1. The molecule has 1 amide bonds. The van der Waals surface area contributed by atoms with E-state index in [4.69, 9.17) is 21.1 Å². The molecule has 1 N–H and O–H groups in total. The first-order chi connectivity index (χ1) is 16.1. The Morgan fingerprint density at radius 3 is 2.48 bits per heavy atom. The first-order valence-corrected chi connectivity index (χ1v) is 10.9. The van der Waals surface area contributed by atoms with E-state index in [-0.39, 0.29) is 6.54 Å². The van der Waals surface area contributed by atoms with Gasteiger partial charge < -0.3 is 14.8 Å². The van der Waals surface area contributed by atoms with Crippen molar-refractivity contribution < 1.29 is 14.3 Å². The average Bonchev–Trinajstić information content (AvgIpc) is 2.84. The highest BCUT2D eigenvalue weighted by Gasteiger charge is 2.09. The van der Waals surface area contributed by atoms with Crippen LogP contribution in [0.15, 0.2) is 91.1 Å². The second-order valence-electron chi connectivity index (χ2n) is 7.44. The standard InChI is InChI=1S/C27H23ClN2O3/c1-32-26-13-11-19(15-25(26)21-6-5-7-22(28)16-21)14-20-10-12-23(29-17-20)18-30-27(31)33-24-8-3-2-4-9-24/h2-13,15-17H,14,18H2,1H3,(H,30,31). The fourth-order valence-electron chi connectivity index (χ4n) is 3.44. The van der Waals surface area contributed by atoms with Crippen LogP contribution in [0.5, 0.6) is 11.5 Å². The number of halogens is 1. The van der Waals surface area contributed by atoms with Gasteiger partial charge in [0.2, 0.25) is 0 Å². The predicted octanol–water partition coefficient (Wildman–Crippen LogP) is 6.29. The number of methoxy groups -OCH3 is 1. The van der Waals surface area contributed by atoms with Gasteiger partial charge in [-0.05, 0) is 65.6 Å². The number of para-hydroxylation sites is 1. The molecule has 0 fully saturated rings. The number of aromatic nitrogens is 1. The number of hydrogen-bond acceptors (Lipinski definition) is 4. The summed E-state index contributed by atoms with van der Waals surface area (Å²) in [5.41, 5.74) is 4.93. The monoisotopic (exact) mass is 458 g/mol. The fraction of sp³-hybridized carbons (Fsp3) is 0.111. The lowest BCUT2D eigenvalue weighted by atomic mass is 9.98. The minimum atomic E-state index is -0.515. The number of carbonyl (C=O) groups excluding carboxylic acids is 1. The van der Waals surface area contributed by atoms with Crippen LogP contribution >= 0.6 is 11.6 Å². The first kappa shape index (κ1) is 22.4. The number of benzene rings is 3. The number of ether oxygens (including phenoxy) is 2. The van der Waals surface area contributed by atoms with Crippen LogP contribution in [-0.4, -0.2) is 18.2 Å². The van der Waals surface area contributed by atoms with Crippen LogP contribution in [0.1, 0.15) is 16.8 Å². The molecule has 0 atom stereocenters. The molecular weight excluding hydrogens is 436 g/mol. The smallest absolute Gasteiger partial charge is 0.412 e. The van der Waals surface area contributed by atoms with Gasteiger partial charge in [-0.15, -0.1) is 0 Å².